The monoisotopic (exact) mass is 154 g/mol. The topological polar surface area (TPSA) is 41.5 Å². The van der Waals surface area contributed by atoms with Crippen molar-refractivity contribution in [3.05, 3.63) is 28.9 Å². The normalized spacial score (nSPS) is 9.27. The zero-order valence-electron chi connectivity index (χ0n) is 5.97. The fourth-order valence-corrected chi connectivity index (χ4v) is 0.810. The van der Waals surface area contributed by atoms with Crippen LogP contribution in [0.15, 0.2) is 23.4 Å². The van der Waals surface area contributed by atoms with Gasteiger partial charge in [-0.3, -0.25) is 0 Å². The number of nitrogens with zero attached hydrogens (tertiary/aromatic N) is 1. The number of hydrogen-bond donors (Lipinski definition) is 1. The summed E-state index contributed by atoms with van der Waals surface area (Å²) >= 11 is 0. The zero-order valence-corrected chi connectivity index (χ0v) is 5.97. The molecule has 0 saturated heterocycles. The molecule has 11 heavy (non-hydrogen) atoms. The van der Waals surface area contributed by atoms with Gasteiger partial charge in [0.1, 0.15) is 0 Å². The third-order valence-corrected chi connectivity index (χ3v) is 1.35. The molecule has 0 aliphatic carbocycles. The summed E-state index contributed by atoms with van der Waals surface area (Å²) in [5.41, 5.74) is 0.231. The lowest BCUT2D eigenvalue weighted by Crippen LogP contribution is -1.89. The van der Waals surface area contributed by atoms with Crippen molar-refractivity contribution in [3.8, 4) is 0 Å². The molecule has 0 aromatic heterocycles. The molecule has 3 nitrogen and oxygen atoms in total. The average Bonchev–Trinajstić information content (AvgIpc) is 2.04. The number of anilines is 1. The molecule has 58 valence electrons. The molecule has 0 bridgehead atoms. The maximum Gasteiger partial charge on any atom is 0.166 e. The lowest BCUT2D eigenvalue weighted by atomic mass is 10.2. The third kappa shape index (κ3) is 1.34. The fourth-order valence-electron chi connectivity index (χ4n) is 0.810. The van der Waals surface area contributed by atoms with E-state index in [-0.39, 0.29) is 5.69 Å². The Hall–Kier alpha value is -1.45. The van der Waals surface area contributed by atoms with E-state index < -0.39 is 5.82 Å². The van der Waals surface area contributed by atoms with Crippen LogP contribution in [-0.2, 0) is 0 Å². The molecule has 1 N–H and O–H groups in total. The average molecular weight is 154 g/mol. The van der Waals surface area contributed by atoms with E-state index in [1.807, 2.05) is 0 Å². The number of halogens is 1. The number of nitrogens with one attached hydrogen (secondary N) is 1. The lowest BCUT2D eigenvalue weighted by molar-refractivity contribution is 0.630. The summed E-state index contributed by atoms with van der Waals surface area (Å²) in [5.74, 6) is -0.605. The van der Waals surface area contributed by atoms with Crippen LogP contribution in [0.5, 0.6) is 0 Å². The molecule has 0 aliphatic heterocycles. The summed E-state index contributed by atoms with van der Waals surface area (Å²) in [4.78, 5) is 10.1. The molecule has 0 aliphatic rings. The molecular formula is C7H7FN2O. The molecule has 0 amide bonds. The second-order valence-corrected chi connectivity index (χ2v) is 1.98. The third-order valence-electron chi connectivity index (χ3n) is 1.35. The van der Waals surface area contributed by atoms with Gasteiger partial charge in [0.2, 0.25) is 0 Å². The highest BCUT2D eigenvalue weighted by Gasteiger charge is 2.05. The maximum absolute atomic E-state index is 12.7. The first-order valence-electron chi connectivity index (χ1n) is 3.09. The molecule has 1 aromatic rings. The summed E-state index contributed by atoms with van der Waals surface area (Å²) in [6.07, 6.45) is 0. The number of nitroso groups, excluding NO2 is 1. The number of benzene rings is 1. The smallest absolute Gasteiger partial charge is 0.166 e. The highest BCUT2D eigenvalue weighted by molar-refractivity contribution is 5.65. The van der Waals surface area contributed by atoms with Gasteiger partial charge in [0.25, 0.3) is 0 Å². The van der Waals surface area contributed by atoms with Crippen molar-refractivity contribution in [3.63, 3.8) is 0 Å². The van der Waals surface area contributed by atoms with Crippen LogP contribution in [0.2, 0.25) is 0 Å². The molecule has 0 saturated carbocycles. The first-order chi connectivity index (χ1) is 5.29. The van der Waals surface area contributed by atoms with Gasteiger partial charge in [-0.25, -0.2) is 4.39 Å². The van der Waals surface area contributed by atoms with Crippen LogP contribution in [0.4, 0.5) is 15.8 Å². The molecule has 1 aromatic carbocycles. The van der Waals surface area contributed by atoms with E-state index in [4.69, 9.17) is 0 Å². The Morgan fingerprint density at radius 2 is 2.27 bits per heavy atom. The standard InChI is InChI=1S/C7H7FN2O/c1-9-6-4-2-3-5(8)7(6)10-11/h2-4,9H,1H3. The molecule has 0 radical (unpaired) electrons. The number of hydrogen-bond acceptors (Lipinski definition) is 3. The van der Waals surface area contributed by atoms with Gasteiger partial charge in [0, 0.05) is 7.05 Å². The summed E-state index contributed by atoms with van der Waals surface area (Å²) in [5, 5.41) is 5.21. The van der Waals surface area contributed by atoms with E-state index in [0.29, 0.717) is 5.69 Å². The van der Waals surface area contributed by atoms with Crippen molar-refractivity contribution in [2.75, 3.05) is 12.4 Å². The molecule has 1 rings (SSSR count). The Labute approximate surface area is 63.2 Å². The summed E-state index contributed by atoms with van der Waals surface area (Å²) in [6, 6.07) is 4.28. The Bertz CT molecular complexity index is 275. The van der Waals surface area contributed by atoms with E-state index in [9.17, 15) is 9.30 Å². The second-order valence-electron chi connectivity index (χ2n) is 1.98. The van der Waals surface area contributed by atoms with Crippen molar-refractivity contribution in [2.45, 2.75) is 0 Å². The van der Waals surface area contributed by atoms with E-state index in [2.05, 4.69) is 10.5 Å². The molecular weight excluding hydrogens is 147 g/mol. The van der Waals surface area contributed by atoms with Crippen LogP contribution in [0.1, 0.15) is 0 Å². The predicted octanol–water partition coefficient (Wildman–Crippen LogP) is 2.27. The van der Waals surface area contributed by atoms with Crippen molar-refractivity contribution in [1.29, 1.82) is 0 Å². The van der Waals surface area contributed by atoms with Crippen LogP contribution < -0.4 is 5.32 Å². The minimum absolute atomic E-state index is 0.171. The quantitative estimate of drug-likeness (QED) is 0.664. The lowest BCUT2D eigenvalue weighted by Gasteiger charge is -2.01. The molecule has 4 heteroatoms. The van der Waals surface area contributed by atoms with Crippen molar-refractivity contribution in [2.24, 2.45) is 5.18 Å². The first-order valence-corrected chi connectivity index (χ1v) is 3.09. The Kier molecular flexibility index (Phi) is 2.15. The summed E-state index contributed by atoms with van der Waals surface area (Å²) < 4.78 is 12.7. The van der Waals surface area contributed by atoms with Gasteiger partial charge in [0.15, 0.2) is 11.5 Å². The van der Waals surface area contributed by atoms with Crippen LogP contribution in [-0.4, -0.2) is 7.05 Å². The van der Waals surface area contributed by atoms with Crippen LogP contribution in [0.25, 0.3) is 0 Å². The summed E-state index contributed by atoms with van der Waals surface area (Å²) in [6.45, 7) is 0. The van der Waals surface area contributed by atoms with E-state index in [1.165, 1.54) is 12.1 Å². The van der Waals surface area contributed by atoms with Crippen LogP contribution in [0.3, 0.4) is 0 Å². The SMILES string of the molecule is CNc1cccc(F)c1N=O. The number of rotatable bonds is 2. The maximum atomic E-state index is 12.7. The van der Waals surface area contributed by atoms with Gasteiger partial charge in [-0.1, -0.05) is 6.07 Å². The van der Waals surface area contributed by atoms with Gasteiger partial charge < -0.3 is 5.32 Å². The fraction of sp³-hybridized carbons (Fsp3) is 0.143. The second kappa shape index (κ2) is 3.09. The van der Waals surface area contributed by atoms with Crippen molar-refractivity contribution in [1.82, 2.24) is 0 Å². The largest absolute Gasteiger partial charge is 0.386 e. The van der Waals surface area contributed by atoms with E-state index in [1.54, 1.807) is 13.1 Å². The van der Waals surface area contributed by atoms with Crippen LogP contribution in [0, 0.1) is 10.7 Å². The molecule has 0 atom stereocenters. The highest BCUT2D eigenvalue weighted by Crippen LogP contribution is 2.26. The van der Waals surface area contributed by atoms with Gasteiger partial charge in [-0.05, 0) is 17.3 Å². The molecule has 0 spiro atoms. The predicted molar refractivity (Wildman–Crippen MR) is 41.4 cm³/mol. The van der Waals surface area contributed by atoms with Crippen molar-refractivity contribution >= 4 is 11.4 Å². The molecule has 0 unspecified atom stereocenters. The minimum atomic E-state index is -0.605. The Morgan fingerprint density at radius 1 is 1.55 bits per heavy atom. The van der Waals surface area contributed by atoms with Gasteiger partial charge in [-0.15, -0.1) is 4.91 Å². The first kappa shape index (κ1) is 7.65. The van der Waals surface area contributed by atoms with Crippen LogP contribution >= 0.6 is 0 Å². The van der Waals surface area contributed by atoms with E-state index in [0.717, 1.165) is 0 Å². The molecule has 0 heterocycles. The van der Waals surface area contributed by atoms with Gasteiger partial charge in [0.05, 0.1) is 5.69 Å². The minimum Gasteiger partial charge on any atom is -0.386 e. The van der Waals surface area contributed by atoms with Crippen molar-refractivity contribution < 1.29 is 4.39 Å². The Morgan fingerprint density at radius 3 is 2.73 bits per heavy atom. The zero-order chi connectivity index (χ0) is 8.27. The Balaban J connectivity index is 3.24. The summed E-state index contributed by atoms with van der Waals surface area (Å²) in [7, 11) is 1.60. The van der Waals surface area contributed by atoms with Gasteiger partial charge >= 0.3 is 0 Å². The van der Waals surface area contributed by atoms with Gasteiger partial charge in [-0.2, -0.15) is 0 Å². The highest BCUT2D eigenvalue weighted by atomic mass is 19.1. The molecule has 0 fully saturated rings. The van der Waals surface area contributed by atoms with E-state index >= 15 is 0 Å².